The zero-order valence-electron chi connectivity index (χ0n) is 6.64. The highest BCUT2D eigenvalue weighted by Crippen LogP contribution is 2.27. The molecular weight excluding hydrogens is 192 g/mol. The number of hydrogen-bond acceptors (Lipinski definition) is 5. The predicted octanol–water partition coefficient (Wildman–Crippen LogP) is 0.285. The van der Waals surface area contributed by atoms with Crippen LogP contribution in [-0.2, 0) is 4.74 Å². The second-order valence-corrected chi connectivity index (χ2v) is 3.56. The molecule has 1 aromatic rings. The summed E-state index contributed by atoms with van der Waals surface area (Å²) in [5.41, 5.74) is 0. The van der Waals surface area contributed by atoms with Gasteiger partial charge in [0.2, 0.25) is 0 Å². The number of alkyl carbamates (subject to hydrolysis) is 1. The fourth-order valence-corrected chi connectivity index (χ4v) is 1.93. The Balaban J connectivity index is 2.19. The normalized spacial score (nSPS) is 27.0. The fourth-order valence-electron chi connectivity index (χ4n) is 1.20. The molecule has 2 heterocycles. The van der Waals surface area contributed by atoms with Gasteiger partial charge < -0.3 is 15.2 Å². The molecule has 0 bridgehead atoms. The Morgan fingerprint density at radius 1 is 1.77 bits per heavy atom. The molecule has 0 spiro atoms. The minimum Gasteiger partial charge on any atom is -0.436 e. The van der Waals surface area contributed by atoms with E-state index in [0.717, 1.165) is 0 Å². The van der Waals surface area contributed by atoms with Gasteiger partial charge >= 0.3 is 6.09 Å². The standard InChI is InChI=1S/C7H8N2O3S/c10-3-4-5(12-7(11)9-4)6-8-1-2-13-6/h1-2,4-5,10H,3H2,(H,9,11)/t4-,5-/m0/s1. The number of aromatic nitrogens is 1. The molecule has 0 unspecified atom stereocenters. The Bertz CT molecular complexity index is 301. The molecule has 0 aliphatic carbocycles. The number of amides is 1. The number of carbonyl (C=O) groups is 1. The molecule has 2 atom stereocenters. The molecule has 2 rings (SSSR count). The summed E-state index contributed by atoms with van der Waals surface area (Å²) in [5.74, 6) is 0. The maximum atomic E-state index is 10.9. The molecule has 1 saturated heterocycles. The van der Waals surface area contributed by atoms with Gasteiger partial charge in [-0.25, -0.2) is 9.78 Å². The van der Waals surface area contributed by atoms with E-state index in [0.29, 0.717) is 5.01 Å². The zero-order valence-corrected chi connectivity index (χ0v) is 7.45. The van der Waals surface area contributed by atoms with E-state index in [1.54, 1.807) is 11.6 Å². The molecule has 1 aromatic heterocycles. The molecule has 13 heavy (non-hydrogen) atoms. The van der Waals surface area contributed by atoms with Crippen LogP contribution in [0.1, 0.15) is 11.1 Å². The van der Waals surface area contributed by atoms with E-state index < -0.39 is 12.2 Å². The van der Waals surface area contributed by atoms with Gasteiger partial charge in [-0.2, -0.15) is 0 Å². The molecule has 1 fully saturated rings. The number of nitrogens with one attached hydrogen (secondary N) is 1. The molecule has 5 nitrogen and oxygen atoms in total. The number of rotatable bonds is 2. The Morgan fingerprint density at radius 2 is 2.62 bits per heavy atom. The van der Waals surface area contributed by atoms with Crippen LogP contribution in [-0.4, -0.2) is 28.8 Å². The van der Waals surface area contributed by atoms with Gasteiger partial charge in [0, 0.05) is 11.6 Å². The van der Waals surface area contributed by atoms with Crippen LogP contribution < -0.4 is 5.32 Å². The Hall–Kier alpha value is -1.14. The number of hydrogen-bond donors (Lipinski definition) is 2. The van der Waals surface area contributed by atoms with Crippen molar-refractivity contribution < 1.29 is 14.6 Å². The van der Waals surface area contributed by atoms with Crippen molar-refractivity contribution in [2.24, 2.45) is 0 Å². The molecule has 6 heteroatoms. The van der Waals surface area contributed by atoms with Gasteiger partial charge in [0.25, 0.3) is 0 Å². The van der Waals surface area contributed by atoms with Crippen LogP contribution >= 0.6 is 11.3 Å². The minimum absolute atomic E-state index is 0.143. The lowest BCUT2D eigenvalue weighted by Crippen LogP contribution is -2.31. The van der Waals surface area contributed by atoms with Crippen LogP contribution in [0.3, 0.4) is 0 Å². The number of ether oxygens (including phenoxy) is 1. The Labute approximate surface area is 78.4 Å². The molecule has 2 N–H and O–H groups in total. The molecule has 1 amide bonds. The van der Waals surface area contributed by atoms with Crippen LogP contribution in [0.2, 0.25) is 0 Å². The fraction of sp³-hybridized carbons (Fsp3) is 0.429. The third kappa shape index (κ3) is 1.50. The van der Waals surface area contributed by atoms with Gasteiger partial charge in [-0.15, -0.1) is 11.3 Å². The molecule has 1 aliphatic rings. The molecule has 1 aliphatic heterocycles. The van der Waals surface area contributed by atoms with E-state index in [9.17, 15) is 4.79 Å². The number of nitrogens with zero attached hydrogens (tertiary/aromatic N) is 1. The van der Waals surface area contributed by atoms with Crippen molar-refractivity contribution in [1.29, 1.82) is 0 Å². The number of aliphatic hydroxyl groups excluding tert-OH is 1. The number of aliphatic hydroxyl groups is 1. The first-order chi connectivity index (χ1) is 6.31. The summed E-state index contributed by atoms with van der Waals surface area (Å²) in [7, 11) is 0. The van der Waals surface area contributed by atoms with Crippen LogP contribution in [0.4, 0.5) is 4.79 Å². The van der Waals surface area contributed by atoms with E-state index in [2.05, 4.69) is 10.3 Å². The number of cyclic esters (lactones) is 1. The number of carbonyl (C=O) groups excluding carboxylic acids is 1. The average molecular weight is 200 g/mol. The SMILES string of the molecule is O=C1N[C@@H](CO)[C@@H](c2nccs2)O1. The Morgan fingerprint density at radius 3 is 3.23 bits per heavy atom. The van der Waals surface area contributed by atoms with Crippen LogP contribution in [0.5, 0.6) is 0 Å². The lowest BCUT2D eigenvalue weighted by molar-refractivity contribution is 0.119. The quantitative estimate of drug-likeness (QED) is 0.719. The van der Waals surface area contributed by atoms with E-state index in [4.69, 9.17) is 9.84 Å². The zero-order chi connectivity index (χ0) is 9.26. The van der Waals surface area contributed by atoms with Gasteiger partial charge in [0.05, 0.1) is 12.6 Å². The summed E-state index contributed by atoms with van der Waals surface area (Å²) in [6.45, 7) is -0.143. The summed E-state index contributed by atoms with van der Waals surface area (Å²) in [5, 5.41) is 13.9. The van der Waals surface area contributed by atoms with Gasteiger partial charge in [0.1, 0.15) is 5.01 Å². The van der Waals surface area contributed by atoms with Gasteiger partial charge in [-0.3, -0.25) is 0 Å². The highest BCUT2D eigenvalue weighted by Gasteiger charge is 2.36. The summed E-state index contributed by atoms with van der Waals surface area (Å²) < 4.78 is 4.95. The highest BCUT2D eigenvalue weighted by molar-refractivity contribution is 7.09. The molecule has 0 radical (unpaired) electrons. The van der Waals surface area contributed by atoms with Crippen LogP contribution in [0.15, 0.2) is 11.6 Å². The molecule has 0 aromatic carbocycles. The van der Waals surface area contributed by atoms with Crippen molar-refractivity contribution in [3.63, 3.8) is 0 Å². The van der Waals surface area contributed by atoms with Gasteiger partial charge in [0.15, 0.2) is 6.10 Å². The highest BCUT2D eigenvalue weighted by atomic mass is 32.1. The molecular formula is C7H8N2O3S. The van der Waals surface area contributed by atoms with Gasteiger partial charge in [-0.05, 0) is 0 Å². The lowest BCUT2D eigenvalue weighted by atomic mass is 10.2. The average Bonchev–Trinajstić information content (AvgIpc) is 2.71. The lowest BCUT2D eigenvalue weighted by Gasteiger charge is -2.10. The number of thiazole rings is 1. The first kappa shape index (κ1) is 8.46. The van der Waals surface area contributed by atoms with E-state index in [1.807, 2.05) is 0 Å². The smallest absolute Gasteiger partial charge is 0.408 e. The van der Waals surface area contributed by atoms with Crippen molar-refractivity contribution in [2.45, 2.75) is 12.1 Å². The minimum atomic E-state index is -0.501. The summed E-state index contributed by atoms with van der Waals surface area (Å²) in [6, 6.07) is -0.376. The molecule has 70 valence electrons. The summed E-state index contributed by atoms with van der Waals surface area (Å²) in [4.78, 5) is 14.9. The third-order valence-corrected chi connectivity index (χ3v) is 2.63. The predicted molar refractivity (Wildman–Crippen MR) is 45.3 cm³/mol. The van der Waals surface area contributed by atoms with Crippen molar-refractivity contribution in [1.82, 2.24) is 10.3 Å². The first-order valence-corrected chi connectivity index (χ1v) is 4.66. The van der Waals surface area contributed by atoms with E-state index in [1.165, 1.54) is 11.3 Å². The second kappa shape index (κ2) is 3.31. The van der Waals surface area contributed by atoms with Crippen LogP contribution in [0, 0.1) is 0 Å². The monoisotopic (exact) mass is 200 g/mol. The third-order valence-electron chi connectivity index (χ3n) is 1.79. The van der Waals surface area contributed by atoms with Gasteiger partial charge in [-0.1, -0.05) is 0 Å². The van der Waals surface area contributed by atoms with Crippen molar-refractivity contribution >= 4 is 17.4 Å². The molecule has 0 saturated carbocycles. The van der Waals surface area contributed by atoms with Crippen molar-refractivity contribution in [2.75, 3.05) is 6.61 Å². The largest absolute Gasteiger partial charge is 0.436 e. The van der Waals surface area contributed by atoms with Crippen molar-refractivity contribution in [3.8, 4) is 0 Å². The Kier molecular flexibility index (Phi) is 2.15. The summed E-state index contributed by atoms with van der Waals surface area (Å²) >= 11 is 1.40. The maximum Gasteiger partial charge on any atom is 0.408 e. The first-order valence-electron chi connectivity index (χ1n) is 3.78. The van der Waals surface area contributed by atoms with Crippen LogP contribution in [0.25, 0.3) is 0 Å². The second-order valence-electron chi connectivity index (χ2n) is 2.63. The van der Waals surface area contributed by atoms with E-state index >= 15 is 0 Å². The maximum absolute atomic E-state index is 10.9. The summed E-state index contributed by atoms with van der Waals surface area (Å²) in [6.07, 6.45) is 0.692. The van der Waals surface area contributed by atoms with E-state index in [-0.39, 0.29) is 12.6 Å². The topological polar surface area (TPSA) is 71.5 Å². The van der Waals surface area contributed by atoms with Crippen molar-refractivity contribution in [3.05, 3.63) is 16.6 Å².